The Bertz CT molecular complexity index is 531. The van der Waals surface area contributed by atoms with Crippen LogP contribution in [0.4, 0.5) is 0 Å². The van der Waals surface area contributed by atoms with E-state index in [0.29, 0.717) is 11.7 Å². The van der Waals surface area contributed by atoms with Gasteiger partial charge >= 0.3 is 0 Å². The third-order valence-corrected chi connectivity index (χ3v) is 4.36. The molecule has 1 aliphatic rings. The van der Waals surface area contributed by atoms with Crippen molar-refractivity contribution in [2.45, 2.75) is 36.3 Å². The monoisotopic (exact) mass is 280 g/mol. The first-order valence-electron chi connectivity index (χ1n) is 6.40. The van der Waals surface area contributed by atoms with Gasteiger partial charge in [-0.25, -0.2) is 0 Å². The molecule has 0 atom stereocenters. The number of hydrogen-bond donors (Lipinski definition) is 0. The molecule has 0 amide bonds. The fraction of sp³-hybridized carbons (Fsp3) is 0.538. The summed E-state index contributed by atoms with van der Waals surface area (Å²) < 4.78 is 15.9. The quantitative estimate of drug-likeness (QED) is 0.802. The SMILES string of the molecule is Cc1occc1SCc1noc(C2CCOCC2)n1. The summed E-state index contributed by atoms with van der Waals surface area (Å²) in [5.41, 5.74) is 0. The lowest BCUT2D eigenvalue weighted by molar-refractivity contribution is 0.0778. The molecule has 0 aliphatic carbocycles. The molecular weight excluding hydrogens is 264 g/mol. The van der Waals surface area contributed by atoms with Crippen molar-refractivity contribution in [3.63, 3.8) is 0 Å². The zero-order valence-electron chi connectivity index (χ0n) is 10.8. The van der Waals surface area contributed by atoms with Crippen LogP contribution in [-0.4, -0.2) is 23.4 Å². The topological polar surface area (TPSA) is 61.3 Å². The molecule has 0 N–H and O–H groups in total. The van der Waals surface area contributed by atoms with Crippen LogP contribution in [-0.2, 0) is 10.5 Å². The first-order chi connectivity index (χ1) is 9.33. The molecule has 2 aromatic rings. The smallest absolute Gasteiger partial charge is 0.229 e. The lowest BCUT2D eigenvalue weighted by Gasteiger charge is -2.17. The molecule has 19 heavy (non-hydrogen) atoms. The Morgan fingerprint density at radius 1 is 1.37 bits per heavy atom. The van der Waals surface area contributed by atoms with Gasteiger partial charge in [-0.2, -0.15) is 4.98 Å². The van der Waals surface area contributed by atoms with Crippen LogP contribution in [0.2, 0.25) is 0 Å². The largest absolute Gasteiger partial charge is 0.468 e. The lowest BCUT2D eigenvalue weighted by Crippen LogP contribution is -2.14. The molecule has 2 aromatic heterocycles. The highest BCUT2D eigenvalue weighted by molar-refractivity contribution is 7.98. The van der Waals surface area contributed by atoms with Gasteiger partial charge in [-0.05, 0) is 25.8 Å². The fourth-order valence-electron chi connectivity index (χ4n) is 2.10. The Balaban J connectivity index is 1.60. The van der Waals surface area contributed by atoms with Crippen LogP contribution in [0.15, 0.2) is 26.2 Å². The maximum absolute atomic E-state index is 5.35. The van der Waals surface area contributed by atoms with Crippen LogP contribution in [0, 0.1) is 6.92 Å². The van der Waals surface area contributed by atoms with E-state index in [1.807, 2.05) is 13.0 Å². The van der Waals surface area contributed by atoms with Crippen LogP contribution < -0.4 is 0 Å². The summed E-state index contributed by atoms with van der Waals surface area (Å²) in [6.07, 6.45) is 3.63. The average molecular weight is 280 g/mol. The maximum atomic E-state index is 5.35. The molecule has 0 aromatic carbocycles. The minimum absolute atomic E-state index is 0.357. The molecule has 6 heteroatoms. The molecule has 102 valence electrons. The highest BCUT2D eigenvalue weighted by Crippen LogP contribution is 2.28. The van der Waals surface area contributed by atoms with Crippen molar-refractivity contribution in [3.8, 4) is 0 Å². The van der Waals surface area contributed by atoms with Gasteiger partial charge in [-0.1, -0.05) is 5.16 Å². The number of aromatic nitrogens is 2. The molecule has 1 fully saturated rings. The van der Waals surface area contributed by atoms with Gasteiger partial charge in [0.15, 0.2) is 5.82 Å². The minimum atomic E-state index is 0.357. The van der Waals surface area contributed by atoms with Gasteiger partial charge in [0, 0.05) is 24.0 Å². The van der Waals surface area contributed by atoms with Crippen LogP contribution >= 0.6 is 11.8 Å². The number of aryl methyl sites for hydroxylation is 1. The molecule has 1 saturated heterocycles. The Morgan fingerprint density at radius 3 is 2.95 bits per heavy atom. The fourth-order valence-corrected chi connectivity index (χ4v) is 2.91. The Labute approximate surface area is 115 Å². The third kappa shape index (κ3) is 3.01. The van der Waals surface area contributed by atoms with Crippen molar-refractivity contribution in [2.24, 2.45) is 0 Å². The van der Waals surface area contributed by atoms with Crippen LogP contribution in [0.3, 0.4) is 0 Å². The van der Waals surface area contributed by atoms with Gasteiger partial charge in [0.05, 0.1) is 12.0 Å². The summed E-state index contributed by atoms with van der Waals surface area (Å²) in [7, 11) is 0. The summed E-state index contributed by atoms with van der Waals surface area (Å²) in [5.74, 6) is 3.48. The summed E-state index contributed by atoms with van der Waals surface area (Å²) in [6.45, 7) is 3.52. The van der Waals surface area contributed by atoms with E-state index < -0.39 is 0 Å². The number of ether oxygens (including phenoxy) is 1. The van der Waals surface area contributed by atoms with E-state index in [1.165, 1.54) is 0 Å². The predicted octanol–water partition coefficient (Wildman–Crippen LogP) is 3.16. The standard InChI is InChI=1S/C13H16N2O3S/c1-9-11(4-7-17-9)19-8-12-14-13(18-15-12)10-2-5-16-6-3-10/h4,7,10H,2-3,5-6,8H2,1H3. The zero-order valence-corrected chi connectivity index (χ0v) is 11.6. The van der Waals surface area contributed by atoms with Crippen LogP contribution in [0.1, 0.15) is 36.2 Å². The zero-order chi connectivity index (χ0) is 13.1. The van der Waals surface area contributed by atoms with E-state index in [2.05, 4.69) is 10.1 Å². The van der Waals surface area contributed by atoms with E-state index in [1.54, 1.807) is 18.0 Å². The van der Waals surface area contributed by atoms with Gasteiger partial charge < -0.3 is 13.7 Å². The average Bonchev–Trinajstić information content (AvgIpc) is 3.06. The van der Waals surface area contributed by atoms with Gasteiger partial charge in [-0.15, -0.1) is 11.8 Å². The minimum Gasteiger partial charge on any atom is -0.468 e. The van der Waals surface area contributed by atoms with Crippen LogP contribution in [0.5, 0.6) is 0 Å². The van der Waals surface area contributed by atoms with Gasteiger partial charge in [-0.3, -0.25) is 0 Å². The number of furan rings is 1. The molecule has 0 unspecified atom stereocenters. The van der Waals surface area contributed by atoms with Gasteiger partial charge in [0.1, 0.15) is 5.76 Å². The van der Waals surface area contributed by atoms with E-state index in [9.17, 15) is 0 Å². The Hall–Kier alpha value is -1.27. The number of thioether (sulfide) groups is 1. The van der Waals surface area contributed by atoms with E-state index >= 15 is 0 Å². The van der Waals surface area contributed by atoms with E-state index in [0.717, 1.165) is 48.4 Å². The Kier molecular flexibility index (Phi) is 3.89. The Morgan fingerprint density at radius 2 is 2.21 bits per heavy atom. The summed E-state index contributed by atoms with van der Waals surface area (Å²) >= 11 is 1.66. The number of hydrogen-bond acceptors (Lipinski definition) is 6. The summed E-state index contributed by atoms with van der Waals surface area (Å²) in [6, 6.07) is 1.96. The second-order valence-electron chi connectivity index (χ2n) is 4.57. The normalized spacial score (nSPS) is 16.9. The molecule has 0 radical (unpaired) electrons. The molecular formula is C13H16N2O3S. The second kappa shape index (κ2) is 5.79. The van der Waals surface area contributed by atoms with Crippen LogP contribution in [0.25, 0.3) is 0 Å². The molecule has 0 saturated carbocycles. The maximum Gasteiger partial charge on any atom is 0.229 e. The highest BCUT2D eigenvalue weighted by Gasteiger charge is 2.22. The lowest BCUT2D eigenvalue weighted by atomic mass is 10.0. The third-order valence-electron chi connectivity index (χ3n) is 3.22. The van der Waals surface area contributed by atoms with Crippen molar-refractivity contribution in [2.75, 3.05) is 13.2 Å². The van der Waals surface area contributed by atoms with E-state index in [4.69, 9.17) is 13.7 Å². The highest BCUT2D eigenvalue weighted by atomic mass is 32.2. The molecule has 5 nitrogen and oxygen atoms in total. The molecule has 1 aliphatic heterocycles. The van der Waals surface area contributed by atoms with Crippen molar-refractivity contribution in [3.05, 3.63) is 29.8 Å². The van der Waals surface area contributed by atoms with E-state index in [-0.39, 0.29) is 0 Å². The van der Waals surface area contributed by atoms with Crippen molar-refractivity contribution < 1.29 is 13.7 Å². The molecule has 0 bridgehead atoms. The first kappa shape index (κ1) is 12.7. The summed E-state index contributed by atoms with van der Waals surface area (Å²) in [4.78, 5) is 5.60. The number of rotatable bonds is 4. The van der Waals surface area contributed by atoms with Gasteiger partial charge in [0.25, 0.3) is 0 Å². The molecule has 3 rings (SSSR count). The second-order valence-corrected chi connectivity index (χ2v) is 5.58. The van der Waals surface area contributed by atoms with Crippen molar-refractivity contribution in [1.29, 1.82) is 0 Å². The van der Waals surface area contributed by atoms with Crippen molar-refractivity contribution >= 4 is 11.8 Å². The predicted molar refractivity (Wildman–Crippen MR) is 70.1 cm³/mol. The summed E-state index contributed by atoms with van der Waals surface area (Å²) in [5, 5.41) is 4.04. The number of nitrogens with zero attached hydrogens (tertiary/aromatic N) is 2. The first-order valence-corrected chi connectivity index (χ1v) is 7.38. The molecule has 3 heterocycles. The van der Waals surface area contributed by atoms with Gasteiger partial charge in [0.2, 0.25) is 5.89 Å². The molecule has 0 spiro atoms. The van der Waals surface area contributed by atoms with Crippen molar-refractivity contribution in [1.82, 2.24) is 10.1 Å².